The maximum absolute atomic E-state index is 12.0. The van der Waals surface area contributed by atoms with E-state index in [0.717, 1.165) is 6.42 Å². The second-order valence-corrected chi connectivity index (χ2v) is 5.95. The van der Waals surface area contributed by atoms with Crippen LogP contribution in [0.5, 0.6) is 0 Å². The predicted molar refractivity (Wildman–Crippen MR) is 69.7 cm³/mol. The highest BCUT2D eigenvalue weighted by Crippen LogP contribution is 2.24. The maximum atomic E-state index is 12.0. The average Bonchev–Trinajstić information content (AvgIpc) is 2.58. The molecule has 1 aromatic rings. The van der Waals surface area contributed by atoms with Gasteiger partial charge in [-0.15, -0.1) is 11.3 Å². The number of thiophene rings is 1. The van der Waals surface area contributed by atoms with E-state index in [9.17, 15) is 4.79 Å². The minimum Gasteiger partial charge on any atom is -0.390 e. The van der Waals surface area contributed by atoms with E-state index in [1.54, 1.807) is 6.07 Å². The number of nitrogen functional groups attached to an aromatic ring is 1. The summed E-state index contributed by atoms with van der Waals surface area (Å²) in [7, 11) is 0. The molecule has 0 radical (unpaired) electrons. The van der Waals surface area contributed by atoms with Gasteiger partial charge < -0.3 is 11.1 Å². The average molecular weight is 240 g/mol. The topological polar surface area (TPSA) is 55.1 Å². The smallest absolute Gasteiger partial charge is 0.254 e. The van der Waals surface area contributed by atoms with Crippen LogP contribution in [0.4, 0.5) is 5.00 Å². The van der Waals surface area contributed by atoms with Crippen LogP contribution in [0.15, 0.2) is 11.4 Å². The number of carbonyl (C=O) groups excluding carboxylic acids is 1. The molecule has 1 heterocycles. The molecule has 0 fully saturated rings. The van der Waals surface area contributed by atoms with Gasteiger partial charge in [-0.25, -0.2) is 0 Å². The minimum absolute atomic E-state index is 0.0647. The van der Waals surface area contributed by atoms with Gasteiger partial charge in [-0.1, -0.05) is 27.7 Å². The van der Waals surface area contributed by atoms with E-state index >= 15 is 0 Å². The summed E-state index contributed by atoms with van der Waals surface area (Å²) in [6.07, 6.45) is 0.916. The molecule has 16 heavy (non-hydrogen) atoms. The third-order valence-electron chi connectivity index (χ3n) is 2.70. The Labute approximate surface area is 101 Å². The fourth-order valence-corrected chi connectivity index (χ4v) is 2.31. The van der Waals surface area contributed by atoms with Crippen LogP contribution < -0.4 is 11.1 Å². The number of nitrogens with two attached hydrogens (primary N) is 1. The van der Waals surface area contributed by atoms with E-state index < -0.39 is 0 Å². The Balaban J connectivity index is 2.74. The van der Waals surface area contributed by atoms with Gasteiger partial charge in [-0.2, -0.15) is 0 Å². The van der Waals surface area contributed by atoms with Crippen molar-refractivity contribution in [3.63, 3.8) is 0 Å². The highest BCUT2D eigenvalue weighted by Gasteiger charge is 2.25. The van der Waals surface area contributed by atoms with Crippen LogP contribution in [0.1, 0.15) is 44.5 Å². The second-order valence-electron chi connectivity index (χ2n) is 5.00. The van der Waals surface area contributed by atoms with Crippen LogP contribution >= 0.6 is 11.3 Å². The molecule has 0 saturated carbocycles. The lowest BCUT2D eigenvalue weighted by Gasteiger charge is -2.30. The minimum atomic E-state index is -0.0690. The quantitative estimate of drug-likeness (QED) is 0.853. The summed E-state index contributed by atoms with van der Waals surface area (Å²) in [4.78, 5) is 12.0. The molecule has 0 bridgehead atoms. The zero-order valence-electron chi connectivity index (χ0n) is 10.3. The largest absolute Gasteiger partial charge is 0.390 e. The molecule has 1 aromatic heterocycles. The molecule has 1 unspecified atom stereocenters. The summed E-state index contributed by atoms with van der Waals surface area (Å²) >= 11 is 1.39. The Hall–Kier alpha value is -1.03. The first-order valence-electron chi connectivity index (χ1n) is 5.50. The van der Waals surface area contributed by atoms with Gasteiger partial charge >= 0.3 is 0 Å². The Morgan fingerprint density at radius 2 is 2.19 bits per heavy atom. The zero-order valence-corrected chi connectivity index (χ0v) is 11.1. The van der Waals surface area contributed by atoms with Gasteiger partial charge in [0, 0.05) is 6.04 Å². The third kappa shape index (κ3) is 2.98. The molecule has 0 aliphatic carbocycles. The van der Waals surface area contributed by atoms with Crippen molar-refractivity contribution < 1.29 is 4.79 Å². The molecule has 0 saturated heterocycles. The number of nitrogens with one attached hydrogen (secondary N) is 1. The zero-order chi connectivity index (χ0) is 12.3. The SMILES string of the molecule is CCC(NC(=O)c1ccsc1N)C(C)(C)C. The van der Waals surface area contributed by atoms with Crippen molar-refractivity contribution in [3.05, 3.63) is 17.0 Å². The lowest BCUT2D eigenvalue weighted by atomic mass is 9.85. The van der Waals surface area contributed by atoms with E-state index in [1.807, 2.05) is 5.38 Å². The van der Waals surface area contributed by atoms with Gasteiger partial charge in [0.2, 0.25) is 0 Å². The van der Waals surface area contributed by atoms with Crippen LogP contribution in [0.25, 0.3) is 0 Å². The Morgan fingerprint density at radius 3 is 2.56 bits per heavy atom. The Bertz CT molecular complexity index is 365. The summed E-state index contributed by atoms with van der Waals surface area (Å²) in [5, 5.41) is 5.46. The highest BCUT2D eigenvalue weighted by atomic mass is 32.1. The van der Waals surface area contributed by atoms with Crippen molar-refractivity contribution in [2.24, 2.45) is 5.41 Å². The Morgan fingerprint density at radius 1 is 1.56 bits per heavy atom. The molecule has 1 rings (SSSR count). The fraction of sp³-hybridized carbons (Fsp3) is 0.583. The molecule has 0 aromatic carbocycles. The number of rotatable bonds is 3. The van der Waals surface area contributed by atoms with Crippen molar-refractivity contribution in [2.75, 3.05) is 5.73 Å². The van der Waals surface area contributed by atoms with E-state index in [2.05, 4.69) is 33.0 Å². The van der Waals surface area contributed by atoms with Gasteiger partial charge in [-0.3, -0.25) is 4.79 Å². The van der Waals surface area contributed by atoms with Gasteiger partial charge in [0.25, 0.3) is 5.91 Å². The van der Waals surface area contributed by atoms with Crippen molar-refractivity contribution >= 4 is 22.2 Å². The summed E-state index contributed by atoms with van der Waals surface area (Å²) in [5.74, 6) is -0.0690. The first-order valence-corrected chi connectivity index (χ1v) is 6.38. The molecular weight excluding hydrogens is 220 g/mol. The summed E-state index contributed by atoms with van der Waals surface area (Å²) < 4.78 is 0. The normalized spacial score (nSPS) is 13.5. The maximum Gasteiger partial charge on any atom is 0.254 e. The molecule has 1 atom stereocenters. The number of hydrogen-bond donors (Lipinski definition) is 2. The molecule has 1 amide bonds. The van der Waals surface area contributed by atoms with E-state index in [4.69, 9.17) is 5.73 Å². The molecule has 90 valence electrons. The lowest BCUT2D eigenvalue weighted by Crippen LogP contribution is -2.43. The fourth-order valence-electron chi connectivity index (χ4n) is 1.68. The number of anilines is 1. The van der Waals surface area contributed by atoms with Crippen LogP contribution in [-0.4, -0.2) is 11.9 Å². The van der Waals surface area contributed by atoms with E-state index in [-0.39, 0.29) is 17.4 Å². The molecule has 4 heteroatoms. The highest BCUT2D eigenvalue weighted by molar-refractivity contribution is 7.14. The van der Waals surface area contributed by atoms with Gasteiger partial charge in [0.05, 0.1) is 10.6 Å². The van der Waals surface area contributed by atoms with E-state index in [1.165, 1.54) is 11.3 Å². The van der Waals surface area contributed by atoms with Crippen molar-refractivity contribution in [3.8, 4) is 0 Å². The number of carbonyl (C=O) groups is 1. The van der Waals surface area contributed by atoms with E-state index in [0.29, 0.717) is 10.6 Å². The molecule has 3 N–H and O–H groups in total. The molecule has 0 spiro atoms. The Kier molecular flexibility index (Phi) is 3.97. The standard InChI is InChI=1S/C12H20N2OS/c1-5-9(12(2,3)4)14-11(15)8-6-7-16-10(8)13/h6-7,9H,5,13H2,1-4H3,(H,14,15). The van der Waals surface area contributed by atoms with Crippen LogP contribution in [-0.2, 0) is 0 Å². The van der Waals surface area contributed by atoms with Crippen LogP contribution in [0.3, 0.4) is 0 Å². The predicted octanol–water partition coefficient (Wildman–Crippen LogP) is 2.88. The summed E-state index contributed by atoms with van der Waals surface area (Å²) in [6.45, 7) is 8.45. The third-order valence-corrected chi connectivity index (χ3v) is 3.44. The van der Waals surface area contributed by atoms with Crippen molar-refractivity contribution in [1.82, 2.24) is 5.32 Å². The van der Waals surface area contributed by atoms with Gasteiger partial charge in [0.15, 0.2) is 0 Å². The van der Waals surface area contributed by atoms with Crippen molar-refractivity contribution in [2.45, 2.75) is 40.2 Å². The molecule has 0 aliphatic heterocycles. The lowest BCUT2D eigenvalue weighted by molar-refractivity contribution is 0.0901. The van der Waals surface area contributed by atoms with Gasteiger partial charge in [0.1, 0.15) is 0 Å². The van der Waals surface area contributed by atoms with Gasteiger partial charge in [-0.05, 0) is 23.3 Å². The first kappa shape index (κ1) is 13.0. The number of amides is 1. The molecular formula is C12H20N2OS. The monoisotopic (exact) mass is 240 g/mol. The molecule has 3 nitrogen and oxygen atoms in total. The summed E-state index contributed by atoms with van der Waals surface area (Å²) in [6, 6.07) is 1.93. The second kappa shape index (κ2) is 4.87. The van der Waals surface area contributed by atoms with Crippen LogP contribution in [0.2, 0.25) is 0 Å². The first-order chi connectivity index (χ1) is 7.36. The van der Waals surface area contributed by atoms with Crippen molar-refractivity contribution in [1.29, 1.82) is 0 Å². The molecule has 0 aliphatic rings. The summed E-state index contributed by atoms with van der Waals surface area (Å²) in [5.41, 5.74) is 6.38. The van der Waals surface area contributed by atoms with Crippen LogP contribution in [0, 0.1) is 5.41 Å². The number of hydrogen-bond acceptors (Lipinski definition) is 3.